The number of hydrogen-bond acceptors (Lipinski definition) is 3. The summed E-state index contributed by atoms with van der Waals surface area (Å²) < 4.78 is 5.05. The van der Waals surface area contributed by atoms with E-state index in [2.05, 4.69) is 0 Å². The first-order chi connectivity index (χ1) is 7.22. The number of fused-ring (bicyclic) bond motifs is 1. The number of benzene rings is 1. The molecule has 15 heavy (non-hydrogen) atoms. The third-order valence-electron chi connectivity index (χ3n) is 2.46. The summed E-state index contributed by atoms with van der Waals surface area (Å²) in [6.45, 7) is 1.78. The number of furan rings is 1. The van der Waals surface area contributed by atoms with E-state index in [9.17, 15) is 4.79 Å². The molecule has 0 saturated carbocycles. The van der Waals surface area contributed by atoms with Gasteiger partial charge in [0.05, 0.1) is 19.1 Å². The van der Waals surface area contributed by atoms with Gasteiger partial charge in [-0.3, -0.25) is 4.79 Å². The number of aliphatic hydroxyl groups is 1. The van der Waals surface area contributed by atoms with Gasteiger partial charge in [-0.05, 0) is 24.6 Å². The first-order valence-corrected chi connectivity index (χ1v) is 4.83. The summed E-state index contributed by atoms with van der Waals surface area (Å²) in [5, 5.41) is 10.6. The molecule has 0 saturated heterocycles. The Labute approximate surface area is 87.3 Å². The van der Waals surface area contributed by atoms with Gasteiger partial charge in [-0.25, -0.2) is 0 Å². The Morgan fingerprint density at radius 2 is 2.00 bits per heavy atom. The lowest BCUT2D eigenvalue weighted by molar-refractivity contribution is 0.0956. The number of carbonyl (C=O) groups is 1. The van der Waals surface area contributed by atoms with Crippen molar-refractivity contribution in [2.75, 3.05) is 6.61 Å². The number of hydrogen-bond donors (Lipinski definition) is 1. The standard InChI is InChI=1S/C12H12O3/c1-8-4-9-6-15-7-10(9)5-11(8)12(14)2-3-13/h4-7,13H,2-3H2,1H3. The van der Waals surface area contributed by atoms with Gasteiger partial charge in [0.2, 0.25) is 0 Å². The number of carbonyl (C=O) groups excluding carboxylic acids is 1. The van der Waals surface area contributed by atoms with Gasteiger partial charge in [0.25, 0.3) is 0 Å². The van der Waals surface area contributed by atoms with E-state index in [1.54, 1.807) is 12.5 Å². The molecule has 1 aromatic heterocycles. The van der Waals surface area contributed by atoms with Gasteiger partial charge in [0.1, 0.15) is 0 Å². The van der Waals surface area contributed by atoms with Crippen LogP contribution in [0.4, 0.5) is 0 Å². The molecule has 0 radical (unpaired) electrons. The van der Waals surface area contributed by atoms with Crippen LogP contribution in [0.5, 0.6) is 0 Å². The summed E-state index contributed by atoms with van der Waals surface area (Å²) in [6, 6.07) is 3.73. The molecule has 0 unspecified atom stereocenters. The fraction of sp³-hybridized carbons (Fsp3) is 0.250. The number of aliphatic hydroxyl groups excluding tert-OH is 1. The second-order valence-electron chi connectivity index (χ2n) is 3.56. The lowest BCUT2D eigenvalue weighted by atomic mass is 10.00. The number of Topliss-reactive ketones (excluding diaryl/α,β-unsaturated/α-hetero) is 1. The van der Waals surface area contributed by atoms with E-state index >= 15 is 0 Å². The molecule has 3 heteroatoms. The van der Waals surface area contributed by atoms with Crippen LogP contribution in [-0.2, 0) is 0 Å². The van der Waals surface area contributed by atoms with Crippen molar-refractivity contribution in [3.8, 4) is 0 Å². The van der Waals surface area contributed by atoms with Crippen LogP contribution in [0.1, 0.15) is 22.3 Å². The first kappa shape index (κ1) is 9.93. The molecule has 0 aliphatic carbocycles. The zero-order valence-corrected chi connectivity index (χ0v) is 8.49. The van der Waals surface area contributed by atoms with E-state index in [-0.39, 0.29) is 18.8 Å². The molecule has 1 heterocycles. The molecule has 0 atom stereocenters. The van der Waals surface area contributed by atoms with Gasteiger partial charge in [-0.2, -0.15) is 0 Å². The van der Waals surface area contributed by atoms with Crippen LogP contribution >= 0.6 is 0 Å². The van der Waals surface area contributed by atoms with Gasteiger partial charge in [0.15, 0.2) is 5.78 Å². The zero-order chi connectivity index (χ0) is 10.8. The minimum Gasteiger partial charge on any atom is -0.471 e. The van der Waals surface area contributed by atoms with Crippen LogP contribution < -0.4 is 0 Å². The van der Waals surface area contributed by atoms with E-state index in [4.69, 9.17) is 9.52 Å². The van der Waals surface area contributed by atoms with Crippen LogP contribution in [0.3, 0.4) is 0 Å². The summed E-state index contributed by atoms with van der Waals surface area (Å²) in [6.07, 6.45) is 3.44. The average molecular weight is 204 g/mol. The van der Waals surface area contributed by atoms with Crippen molar-refractivity contribution in [3.05, 3.63) is 35.8 Å². The van der Waals surface area contributed by atoms with Gasteiger partial charge < -0.3 is 9.52 Å². The maximum absolute atomic E-state index is 11.6. The van der Waals surface area contributed by atoms with E-state index < -0.39 is 0 Å². The Morgan fingerprint density at radius 3 is 2.67 bits per heavy atom. The van der Waals surface area contributed by atoms with Crippen molar-refractivity contribution in [3.63, 3.8) is 0 Å². The topological polar surface area (TPSA) is 50.4 Å². The fourth-order valence-electron chi connectivity index (χ4n) is 1.67. The molecule has 1 aromatic carbocycles. The highest BCUT2D eigenvalue weighted by Gasteiger charge is 2.10. The molecule has 0 spiro atoms. The van der Waals surface area contributed by atoms with Crippen molar-refractivity contribution >= 4 is 16.6 Å². The smallest absolute Gasteiger partial charge is 0.165 e. The van der Waals surface area contributed by atoms with E-state index in [1.165, 1.54) is 0 Å². The highest BCUT2D eigenvalue weighted by atomic mass is 16.3. The first-order valence-electron chi connectivity index (χ1n) is 4.83. The maximum Gasteiger partial charge on any atom is 0.165 e. The summed E-state index contributed by atoms with van der Waals surface area (Å²) >= 11 is 0. The van der Waals surface area contributed by atoms with Gasteiger partial charge in [-0.15, -0.1) is 0 Å². The van der Waals surface area contributed by atoms with Crippen molar-refractivity contribution in [2.45, 2.75) is 13.3 Å². The lowest BCUT2D eigenvalue weighted by Crippen LogP contribution is -2.03. The Kier molecular flexibility index (Phi) is 2.56. The molecule has 0 bridgehead atoms. The minimum absolute atomic E-state index is 0.0295. The molecular formula is C12H12O3. The Bertz CT molecular complexity index is 497. The third-order valence-corrected chi connectivity index (χ3v) is 2.46. The zero-order valence-electron chi connectivity index (χ0n) is 8.49. The van der Waals surface area contributed by atoms with E-state index in [0.717, 1.165) is 16.3 Å². The van der Waals surface area contributed by atoms with Crippen molar-refractivity contribution in [1.82, 2.24) is 0 Å². The number of aryl methyl sites for hydroxylation is 1. The molecular weight excluding hydrogens is 192 g/mol. The van der Waals surface area contributed by atoms with Crippen LogP contribution in [0.2, 0.25) is 0 Å². The third kappa shape index (κ3) is 1.78. The lowest BCUT2D eigenvalue weighted by Gasteiger charge is -2.03. The quantitative estimate of drug-likeness (QED) is 0.780. The molecule has 0 aliphatic rings. The second kappa shape index (κ2) is 3.87. The Balaban J connectivity index is 2.50. The molecule has 3 nitrogen and oxygen atoms in total. The number of ketones is 1. The molecule has 0 fully saturated rings. The molecule has 1 N–H and O–H groups in total. The van der Waals surface area contributed by atoms with Crippen LogP contribution in [0, 0.1) is 6.92 Å². The van der Waals surface area contributed by atoms with Crippen molar-refractivity contribution in [2.24, 2.45) is 0 Å². The maximum atomic E-state index is 11.6. The van der Waals surface area contributed by atoms with Crippen LogP contribution in [-0.4, -0.2) is 17.5 Å². The van der Waals surface area contributed by atoms with E-state index in [0.29, 0.717) is 5.56 Å². The second-order valence-corrected chi connectivity index (χ2v) is 3.56. The average Bonchev–Trinajstić information content (AvgIpc) is 2.63. The summed E-state index contributed by atoms with van der Waals surface area (Å²) in [7, 11) is 0. The SMILES string of the molecule is Cc1cc2cocc2cc1C(=O)CCO. The highest BCUT2D eigenvalue weighted by molar-refractivity contribution is 6.01. The largest absolute Gasteiger partial charge is 0.471 e. The fourth-order valence-corrected chi connectivity index (χ4v) is 1.67. The normalized spacial score (nSPS) is 10.8. The van der Waals surface area contributed by atoms with Crippen LogP contribution in [0.15, 0.2) is 29.1 Å². The van der Waals surface area contributed by atoms with Crippen molar-refractivity contribution < 1.29 is 14.3 Å². The van der Waals surface area contributed by atoms with Gasteiger partial charge in [-0.1, -0.05) is 0 Å². The molecule has 2 aromatic rings. The predicted octanol–water partition coefficient (Wildman–Crippen LogP) is 2.31. The number of rotatable bonds is 3. The minimum atomic E-state index is -0.109. The summed E-state index contributed by atoms with van der Waals surface area (Å²) in [5.74, 6) is -0.0295. The summed E-state index contributed by atoms with van der Waals surface area (Å²) in [4.78, 5) is 11.6. The Hall–Kier alpha value is -1.61. The highest BCUT2D eigenvalue weighted by Crippen LogP contribution is 2.21. The van der Waals surface area contributed by atoms with E-state index in [1.807, 2.05) is 19.1 Å². The van der Waals surface area contributed by atoms with Gasteiger partial charge >= 0.3 is 0 Å². The molecule has 78 valence electrons. The summed E-state index contributed by atoms with van der Waals surface area (Å²) in [5.41, 5.74) is 1.58. The van der Waals surface area contributed by atoms with Crippen LogP contribution in [0.25, 0.3) is 10.8 Å². The van der Waals surface area contributed by atoms with Gasteiger partial charge in [0, 0.05) is 22.8 Å². The molecule has 0 aliphatic heterocycles. The Morgan fingerprint density at radius 1 is 1.33 bits per heavy atom. The monoisotopic (exact) mass is 204 g/mol. The molecule has 2 rings (SSSR count). The predicted molar refractivity (Wildman–Crippen MR) is 57.0 cm³/mol. The van der Waals surface area contributed by atoms with Crippen molar-refractivity contribution in [1.29, 1.82) is 0 Å². The molecule has 0 amide bonds.